The third-order valence-corrected chi connectivity index (χ3v) is 5.54. The molecule has 2 aromatic heterocycles. The Morgan fingerprint density at radius 2 is 2.40 bits per heavy atom. The molecule has 0 spiro atoms. The van der Waals surface area contributed by atoms with E-state index in [1.54, 1.807) is 22.7 Å². The molecule has 0 bridgehead atoms. The lowest BCUT2D eigenvalue weighted by atomic mass is 10.1. The van der Waals surface area contributed by atoms with E-state index in [2.05, 4.69) is 24.4 Å². The van der Waals surface area contributed by atoms with Crippen LogP contribution in [0.15, 0.2) is 17.5 Å². The third kappa shape index (κ3) is 1.45. The minimum absolute atomic E-state index is 0.473. The summed E-state index contributed by atoms with van der Waals surface area (Å²) in [5.41, 5.74) is -0.473. The average Bonchev–Trinajstić information content (AvgIpc) is 2.62. The average molecular weight is 238 g/mol. The first-order valence-electron chi connectivity index (χ1n) is 5.44. The fraction of sp³-hybridized carbons (Fsp3) is 0.500. The van der Waals surface area contributed by atoms with Crippen molar-refractivity contribution in [2.24, 2.45) is 5.92 Å². The molecule has 1 aliphatic rings. The molecule has 1 nitrogen and oxygen atoms in total. The van der Waals surface area contributed by atoms with Gasteiger partial charge in [-0.05, 0) is 36.3 Å². The lowest BCUT2D eigenvalue weighted by Crippen LogP contribution is -2.05. The summed E-state index contributed by atoms with van der Waals surface area (Å²) < 4.78 is 2.65. The van der Waals surface area contributed by atoms with Gasteiger partial charge in [-0.3, -0.25) is 0 Å². The zero-order chi connectivity index (χ0) is 10.5. The van der Waals surface area contributed by atoms with E-state index in [9.17, 15) is 5.11 Å². The standard InChI is InChI=1S/C12H14OS2/c1-2-3-8-7-12(8,13)11-6-10-9(15-11)4-5-14-10/h4-6,8,13H,2-3,7H2,1H3. The Bertz CT molecular complexity index is 456. The van der Waals surface area contributed by atoms with Gasteiger partial charge in [0.2, 0.25) is 0 Å². The fourth-order valence-electron chi connectivity index (χ4n) is 2.29. The molecule has 2 heterocycles. The van der Waals surface area contributed by atoms with Gasteiger partial charge in [0.05, 0.1) is 0 Å². The van der Waals surface area contributed by atoms with Crippen molar-refractivity contribution in [2.45, 2.75) is 31.8 Å². The minimum atomic E-state index is -0.473. The molecule has 1 saturated carbocycles. The molecule has 1 fully saturated rings. The lowest BCUT2D eigenvalue weighted by molar-refractivity contribution is 0.133. The molecule has 2 unspecified atom stereocenters. The molecule has 3 heteroatoms. The van der Waals surface area contributed by atoms with Gasteiger partial charge in [0.1, 0.15) is 5.60 Å². The largest absolute Gasteiger partial charge is 0.384 e. The summed E-state index contributed by atoms with van der Waals surface area (Å²) in [5, 5.41) is 12.5. The number of fused-ring (bicyclic) bond motifs is 1. The van der Waals surface area contributed by atoms with E-state index in [-0.39, 0.29) is 0 Å². The van der Waals surface area contributed by atoms with Gasteiger partial charge in [0.15, 0.2) is 0 Å². The Balaban J connectivity index is 1.92. The Kier molecular flexibility index (Phi) is 2.16. The second-order valence-electron chi connectivity index (χ2n) is 4.37. The first-order chi connectivity index (χ1) is 7.24. The first kappa shape index (κ1) is 9.82. The summed E-state index contributed by atoms with van der Waals surface area (Å²) in [6.45, 7) is 2.19. The van der Waals surface area contributed by atoms with Crippen molar-refractivity contribution < 1.29 is 5.11 Å². The Morgan fingerprint density at radius 3 is 3.13 bits per heavy atom. The van der Waals surface area contributed by atoms with Crippen molar-refractivity contribution in [2.75, 3.05) is 0 Å². The minimum Gasteiger partial charge on any atom is -0.384 e. The Morgan fingerprint density at radius 1 is 1.53 bits per heavy atom. The fourth-order valence-corrected chi connectivity index (χ4v) is 4.57. The molecule has 0 aromatic carbocycles. The van der Waals surface area contributed by atoms with Crippen LogP contribution in [0.3, 0.4) is 0 Å². The molecule has 3 rings (SSSR count). The van der Waals surface area contributed by atoms with E-state index < -0.39 is 5.60 Å². The SMILES string of the molecule is CCCC1CC1(O)c1cc2sccc2s1. The van der Waals surface area contributed by atoms with Gasteiger partial charge in [-0.2, -0.15) is 0 Å². The van der Waals surface area contributed by atoms with Crippen LogP contribution in [0.1, 0.15) is 31.1 Å². The molecule has 80 valence electrons. The van der Waals surface area contributed by atoms with Crippen molar-refractivity contribution in [3.63, 3.8) is 0 Å². The van der Waals surface area contributed by atoms with Crippen LogP contribution in [0.2, 0.25) is 0 Å². The van der Waals surface area contributed by atoms with Gasteiger partial charge < -0.3 is 5.11 Å². The second kappa shape index (κ2) is 3.30. The molecular formula is C12H14OS2. The second-order valence-corrected chi connectivity index (χ2v) is 6.41. The van der Waals surface area contributed by atoms with Gasteiger partial charge in [-0.25, -0.2) is 0 Å². The number of rotatable bonds is 3. The van der Waals surface area contributed by atoms with Crippen molar-refractivity contribution in [1.82, 2.24) is 0 Å². The van der Waals surface area contributed by atoms with Gasteiger partial charge in [0, 0.05) is 14.3 Å². The van der Waals surface area contributed by atoms with Crippen LogP contribution in [-0.2, 0) is 5.60 Å². The summed E-state index contributed by atoms with van der Waals surface area (Å²) >= 11 is 3.53. The molecule has 0 aliphatic heterocycles. The van der Waals surface area contributed by atoms with Crippen LogP contribution in [0.25, 0.3) is 9.40 Å². The molecule has 0 amide bonds. The molecule has 1 N–H and O–H groups in total. The predicted octanol–water partition coefficient (Wildman–Crippen LogP) is 3.97. The molecule has 0 saturated heterocycles. The van der Waals surface area contributed by atoms with E-state index in [1.807, 2.05) is 0 Å². The van der Waals surface area contributed by atoms with Crippen LogP contribution in [0, 0.1) is 5.92 Å². The van der Waals surface area contributed by atoms with Gasteiger partial charge in [-0.1, -0.05) is 13.3 Å². The first-order valence-corrected chi connectivity index (χ1v) is 7.13. The quantitative estimate of drug-likeness (QED) is 0.858. The topological polar surface area (TPSA) is 20.2 Å². The zero-order valence-corrected chi connectivity index (χ0v) is 10.3. The van der Waals surface area contributed by atoms with Crippen LogP contribution in [0.4, 0.5) is 0 Å². The molecule has 1 aliphatic carbocycles. The normalized spacial score (nSPS) is 29.9. The van der Waals surface area contributed by atoms with Crippen LogP contribution < -0.4 is 0 Å². The van der Waals surface area contributed by atoms with Crippen LogP contribution >= 0.6 is 22.7 Å². The monoisotopic (exact) mass is 238 g/mol. The van der Waals surface area contributed by atoms with Crippen molar-refractivity contribution in [3.05, 3.63) is 22.4 Å². The van der Waals surface area contributed by atoms with E-state index in [0.717, 1.165) is 12.8 Å². The number of thiophene rings is 2. The highest BCUT2D eigenvalue weighted by Gasteiger charge is 2.54. The highest BCUT2D eigenvalue weighted by molar-refractivity contribution is 7.27. The Labute approximate surface area is 97.4 Å². The van der Waals surface area contributed by atoms with E-state index in [1.165, 1.54) is 20.7 Å². The van der Waals surface area contributed by atoms with Crippen molar-refractivity contribution in [3.8, 4) is 0 Å². The van der Waals surface area contributed by atoms with Crippen molar-refractivity contribution >= 4 is 32.1 Å². The Hall–Kier alpha value is -0.380. The van der Waals surface area contributed by atoms with E-state index in [4.69, 9.17) is 0 Å². The van der Waals surface area contributed by atoms with E-state index in [0.29, 0.717) is 5.92 Å². The number of aliphatic hydroxyl groups is 1. The molecular weight excluding hydrogens is 224 g/mol. The lowest BCUT2D eigenvalue weighted by Gasteiger charge is -2.06. The summed E-state index contributed by atoms with van der Waals surface area (Å²) in [4.78, 5) is 1.18. The van der Waals surface area contributed by atoms with E-state index >= 15 is 0 Å². The third-order valence-electron chi connectivity index (χ3n) is 3.28. The highest BCUT2D eigenvalue weighted by atomic mass is 32.1. The van der Waals surface area contributed by atoms with Crippen LogP contribution in [0.5, 0.6) is 0 Å². The predicted molar refractivity (Wildman–Crippen MR) is 66.6 cm³/mol. The number of hydrogen-bond donors (Lipinski definition) is 1. The summed E-state index contributed by atoms with van der Waals surface area (Å²) in [6, 6.07) is 4.33. The molecule has 15 heavy (non-hydrogen) atoms. The summed E-state index contributed by atoms with van der Waals surface area (Å²) in [7, 11) is 0. The van der Waals surface area contributed by atoms with Crippen LogP contribution in [-0.4, -0.2) is 5.11 Å². The maximum absolute atomic E-state index is 10.4. The van der Waals surface area contributed by atoms with Gasteiger partial charge in [0.25, 0.3) is 0 Å². The van der Waals surface area contributed by atoms with Gasteiger partial charge in [-0.15, -0.1) is 22.7 Å². The van der Waals surface area contributed by atoms with Crippen molar-refractivity contribution in [1.29, 1.82) is 0 Å². The summed E-state index contributed by atoms with van der Waals surface area (Å²) in [5.74, 6) is 0.509. The molecule has 2 atom stereocenters. The smallest absolute Gasteiger partial charge is 0.102 e. The number of hydrogen-bond acceptors (Lipinski definition) is 3. The summed E-state index contributed by atoms with van der Waals surface area (Å²) in [6.07, 6.45) is 3.30. The molecule has 0 radical (unpaired) electrons. The maximum atomic E-state index is 10.4. The highest BCUT2D eigenvalue weighted by Crippen LogP contribution is 2.56. The molecule has 2 aromatic rings. The zero-order valence-electron chi connectivity index (χ0n) is 8.69. The van der Waals surface area contributed by atoms with Gasteiger partial charge >= 0.3 is 0 Å². The maximum Gasteiger partial charge on any atom is 0.102 e.